The second-order valence-electron chi connectivity index (χ2n) is 2.50. The highest BCUT2D eigenvalue weighted by molar-refractivity contribution is 9.58. The molecule has 0 nitrogen and oxygen atoms in total. The molecule has 0 fully saturated rings. The molecule has 0 aromatic heterocycles. The van der Waals surface area contributed by atoms with Crippen molar-refractivity contribution in [3.63, 3.8) is 0 Å². The molecule has 0 rings (SSSR count). The van der Waals surface area contributed by atoms with Gasteiger partial charge in [0.2, 0.25) is 0 Å². The number of hydrogen-bond donors (Lipinski definition) is 0. The zero-order valence-electron chi connectivity index (χ0n) is 6.61. The second-order valence-corrected chi connectivity index (χ2v) is 10.5. The van der Waals surface area contributed by atoms with Crippen LogP contribution in [0.3, 0.4) is 0 Å². The van der Waals surface area contributed by atoms with Gasteiger partial charge in [0, 0.05) is 0 Å². The maximum atomic E-state index is 3.77. The van der Waals surface area contributed by atoms with Crippen molar-refractivity contribution in [3.05, 3.63) is 0 Å². The molecule has 0 N–H and O–H groups in total. The summed E-state index contributed by atoms with van der Waals surface area (Å²) in [6.07, 6.45) is 5.06. The van der Waals surface area contributed by atoms with Crippen molar-refractivity contribution in [1.29, 1.82) is 0 Å². The zero-order chi connectivity index (χ0) is 7.33. The molecule has 0 bridgehead atoms. The van der Waals surface area contributed by atoms with Crippen LogP contribution in [0.2, 0.25) is 0 Å². The Morgan fingerprint density at radius 1 is 1.33 bits per heavy atom. The van der Waals surface area contributed by atoms with E-state index in [1.165, 1.54) is 24.3 Å². The van der Waals surface area contributed by atoms with Gasteiger partial charge in [0.15, 0.2) is 0 Å². The monoisotopic (exact) mass is 212 g/mol. The van der Waals surface area contributed by atoms with Crippen molar-refractivity contribution in [2.24, 2.45) is 0 Å². The second kappa shape index (κ2) is 4.62. The first kappa shape index (κ1) is 9.83. The van der Waals surface area contributed by atoms with Crippen LogP contribution in [0, 0.1) is 0 Å². The normalized spacial score (nSPS) is 20.9. The summed E-state index contributed by atoms with van der Waals surface area (Å²) in [4.78, 5) is 0. The molecule has 0 aliphatic rings. The number of halogens is 1. The van der Waals surface area contributed by atoms with E-state index < -0.39 is 0 Å². The average Bonchev–Trinajstić information content (AvgIpc) is 1.84. The van der Waals surface area contributed by atoms with E-state index in [0.717, 1.165) is 0 Å². The van der Waals surface area contributed by atoms with Crippen LogP contribution < -0.4 is 0 Å². The Kier molecular flexibility index (Phi) is 5.04. The van der Waals surface area contributed by atoms with E-state index in [4.69, 9.17) is 0 Å². The Morgan fingerprint density at radius 2 is 1.89 bits per heavy atom. The average molecular weight is 213 g/mol. The van der Waals surface area contributed by atoms with Crippen molar-refractivity contribution < 1.29 is 0 Å². The van der Waals surface area contributed by atoms with Crippen LogP contribution in [0.15, 0.2) is 0 Å². The van der Waals surface area contributed by atoms with Gasteiger partial charge in [0.05, 0.1) is 0 Å². The van der Waals surface area contributed by atoms with Crippen LogP contribution in [0.25, 0.3) is 0 Å². The Bertz CT molecular complexity index is 71.3. The van der Waals surface area contributed by atoms with Gasteiger partial charge in [-0.05, 0) is 39.0 Å². The van der Waals surface area contributed by atoms with Crippen molar-refractivity contribution in [2.75, 3.05) is 17.8 Å². The van der Waals surface area contributed by atoms with Crippen LogP contribution in [-0.4, -0.2) is 17.8 Å². The van der Waals surface area contributed by atoms with Gasteiger partial charge in [-0.25, -0.2) is 0 Å². The standard InChI is InChI=1S/C7H17BrS/c1-4-6-7-9(3,8)5-2/h4-7H2,1-3H3. The summed E-state index contributed by atoms with van der Waals surface area (Å²) in [7, 11) is -0.369. The van der Waals surface area contributed by atoms with Gasteiger partial charge in [-0.15, -0.1) is 0 Å². The highest BCUT2D eigenvalue weighted by atomic mass is 79.9. The van der Waals surface area contributed by atoms with Crippen LogP contribution in [0.1, 0.15) is 26.7 Å². The van der Waals surface area contributed by atoms with E-state index in [-0.39, 0.29) is 8.46 Å². The first-order valence-electron chi connectivity index (χ1n) is 3.55. The fourth-order valence-corrected chi connectivity index (χ4v) is 2.46. The molecule has 0 saturated carbocycles. The Morgan fingerprint density at radius 3 is 2.22 bits per heavy atom. The lowest BCUT2D eigenvalue weighted by molar-refractivity contribution is 0.893. The van der Waals surface area contributed by atoms with Gasteiger partial charge in [0.25, 0.3) is 0 Å². The van der Waals surface area contributed by atoms with E-state index in [9.17, 15) is 0 Å². The molecule has 58 valence electrons. The molecule has 0 aromatic carbocycles. The van der Waals surface area contributed by atoms with Gasteiger partial charge in [-0.2, -0.15) is 8.46 Å². The molecule has 2 heteroatoms. The summed E-state index contributed by atoms with van der Waals surface area (Å²) < 4.78 is 0. The highest BCUT2D eigenvalue weighted by Gasteiger charge is 2.08. The predicted molar refractivity (Wildman–Crippen MR) is 52.8 cm³/mol. The third kappa shape index (κ3) is 5.28. The lowest BCUT2D eigenvalue weighted by Crippen LogP contribution is -1.96. The third-order valence-corrected chi connectivity index (χ3v) is 6.21. The number of hydrogen-bond acceptors (Lipinski definition) is 0. The van der Waals surface area contributed by atoms with Gasteiger partial charge in [0.1, 0.15) is 0 Å². The molecule has 0 heterocycles. The van der Waals surface area contributed by atoms with E-state index in [2.05, 4.69) is 34.9 Å². The predicted octanol–water partition coefficient (Wildman–Crippen LogP) is 3.55. The van der Waals surface area contributed by atoms with Gasteiger partial charge >= 0.3 is 0 Å². The van der Waals surface area contributed by atoms with Gasteiger partial charge in [-0.1, -0.05) is 20.3 Å². The maximum Gasteiger partial charge on any atom is -0.0139 e. The smallest absolute Gasteiger partial charge is 0.0139 e. The molecule has 0 amide bonds. The molecule has 0 saturated heterocycles. The summed E-state index contributed by atoms with van der Waals surface area (Å²) in [6.45, 7) is 4.51. The van der Waals surface area contributed by atoms with E-state index in [1.807, 2.05) is 0 Å². The fraction of sp³-hybridized carbons (Fsp3) is 1.00. The SMILES string of the molecule is CCCCS(C)(Br)CC. The molecular weight excluding hydrogens is 196 g/mol. The molecule has 0 radical (unpaired) electrons. The van der Waals surface area contributed by atoms with Crippen molar-refractivity contribution in [1.82, 2.24) is 0 Å². The van der Waals surface area contributed by atoms with E-state index in [1.54, 1.807) is 0 Å². The molecule has 0 aromatic rings. The van der Waals surface area contributed by atoms with Crippen LogP contribution in [-0.2, 0) is 0 Å². The summed E-state index contributed by atoms with van der Waals surface area (Å²) in [6, 6.07) is 0. The minimum Gasteiger partial charge on any atom is -0.186 e. The largest absolute Gasteiger partial charge is 0.186 e. The van der Waals surface area contributed by atoms with Crippen LogP contribution in [0.5, 0.6) is 0 Å². The summed E-state index contributed by atoms with van der Waals surface area (Å²) >= 11 is 3.77. The molecular formula is C7H17BrS. The van der Waals surface area contributed by atoms with Crippen LogP contribution in [0.4, 0.5) is 0 Å². The minimum atomic E-state index is -0.369. The quantitative estimate of drug-likeness (QED) is 0.669. The fourth-order valence-electron chi connectivity index (χ4n) is 0.590. The van der Waals surface area contributed by atoms with Crippen molar-refractivity contribution >= 4 is 23.3 Å². The molecule has 0 spiro atoms. The topological polar surface area (TPSA) is 0 Å². The first-order chi connectivity index (χ1) is 4.12. The molecule has 0 aliphatic heterocycles. The molecule has 1 unspecified atom stereocenters. The Labute approximate surface area is 67.9 Å². The summed E-state index contributed by atoms with van der Waals surface area (Å²) in [5.41, 5.74) is 0. The van der Waals surface area contributed by atoms with E-state index in [0.29, 0.717) is 0 Å². The first-order valence-corrected chi connectivity index (χ1v) is 7.78. The summed E-state index contributed by atoms with van der Waals surface area (Å²) in [5.74, 6) is 2.70. The number of unbranched alkanes of at least 4 members (excludes halogenated alkanes) is 1. The van der Waals surface area contributed by atoms with Crippen molar-refractivity contribution in [2.45, 2.75) is 26.7 Å². The maximum absolute atomic E-state index is 3.77. The Hall–Kier alpha value is 0.830. The van der Waals surface area contributed by atoms with Gasteiger partial charge < -0.3 is 0 Å². The molecule has 9 heavy (non-hydrogen) atoms. The zero-order valence-corrected chi connectivity index (χ0v) is 9.02. The highest BCUT2D eigenvalue weighted by Crippen LogP contribution is 2.52. The molecule has 1 atom stereocenters. The number of rotatable bonds is 4. The lowest BCUT2D eigenvalue weighted by atomic mass is 10.4. The van der Waals surface area contributed by atoms with Gasteiger partial charge in [-0.3, -0.25) is 0 Å². The third-order valence-electron chi connectivity index (χ3n) is 1.53. The van der Waals surface area contributed by atoms with E-state index >= 15 is 0 Å². The Balaban J connectivity index is 3.33. The lowest BCUT2D eigenvalue weighted by Gasteiger charge is -2.26. The molecule has 0 aliphatic carbocycles. The van der Waals surface area contributed by atoms with Crippen LogP contribution >= 0.6 is 23.3 Å². The minimum absolute atomic E-state index is 0.369. The summed E-state index contributed by atoms with van der Waals surface area (Å²) in [5, 5.41) is 0. The van der Waals surface area contributed by atoms with Crippen molar-refractivity contribution in [3.8, 4) is 0 Å².